The zero-order valence-electron chi connectivity index (χ0n) is 20.0. The van der Waals surface area contributed by atoms with Crippen LogP contribution in [0.15, 0.2) is 24.4 Å². The molecule has 1 saturated heterocycles. The number of ether oxygens (including phenoxy) is 1. The summed E-state index contributed by atoms with van der Waals surface area (Å²) < 4.78 is 45.8. The van der Waals surface area contributed by atoms with Crippen molar-refractivity contribution in [3.63, 3.8) is 0 Å². The van der Waals surface area contributed by atoms with Gasteiger partial charge in [-0.1, -0.05) is 11.6 Å². The van der Waals surface area contributed by atoms with Crippen molar-refractivity contribution in [2.45, 2.75) is 57.5 Å². The fourth-order valence-electron chi connectivity index (χ4n) is 5.14. The van der Waals surface area contributed by atoms with Gasteiger partial charge in [0.1, 0.15) is 0 Å². The average Bonchev–Trinajstić information content (AvgIpc) is 3.29. The molecule has 2 unspecified atom stereocenters. The molecule has 0 radical (unpaired) electrons. The maximum Gasteiger partial charge on any atom is 0.425 e. The molecule has 1 aliphatic heterocycles. The number of piperidine rings is 1. The molecule has 36 heavy (non-hydrogen) atoms. The molecule has 0 spiro atoms. The van der Waals surface area contributed by atoms with Crippen LogP contribution < -0.4 is 15.0 Å². The summed E-state index contributed by atoms with van der Waals surface area (Å²) in [5, 5.41) is 26.6. The number of aromatic nitrogens is 5. The minimum absolute atomic E-state index is 0.0907. The van der Waals surface area contributed by atoms with Crippen molar-refractivity contribution in [1.29, 1.82) is 0 Å². The van der Waals surface area contributed by atoms with Crippen molar-refractivity contribution in [2.24, 2.45) is 11.8 Å². The van der Waals surface area contributed by atoms with Crippen LogP contribution in [-0.4, -0.2) is 61.3 Å². The van der Waals surface area contributed by atoms with E-state index in [2.05, 4.69) is 30.5 Å². The number of hydrogen-bond donors (Lipinski definition) is 2. The third-order valence-corrected chi connectivity index (χ3v) is 7.16. The molecule has 2 N–H and O–H groups in total. The van der Waals surface area contributed by atoms with E-state index in [0.717, 1.165) is 38.5 Å². The van der Waals surface area contributed by atoms with Gasteiger partial charge in [-0.25, -0.2) is 0 Å². The van der Waals surface area contributed by atoms with E-state index >= 15 is 0 Å². The van der Waals surface area contributed by atoms with E-state index in [0.29, 0.717) is 22.6 Å². The molecule has 1 saturated carbocycles. The highest BCUT2D eigenvalue weighted by Gasteiger charge is 2.43. The smallest absolute Gasteiger partial charge is 0.425 e. The lowest BCUT2D eigenvalue weighted by atomic mass is 9.92. The van der Waals surface area contributed by atoms with Crippen LogP contribution in [-0.2, 0) is 5.60 Å². The van der Waals surface area contributed by atoms with Crippen molar-refractivity contribution < 1.29 is 23.0 Å². The molecular weight excluding hydrogens is 499 g/mol. The van der Waals surface area contributed by atoms with Crippen molar-refractivity contribution in [1.82, 2.24) is 24.8 Å². The zero-order valence-corrected chi connectivity index (χ0v) is 20.8. The van der Waals surface area contributed by atoms with E-state index in [1.807, 2.05) is 0 Å². The van der Waals surface area contributed by atoms with Crippen LogP contribution >= 0.6 is 11.6 Å². The molecular formula is C23H27ClF3N7O2. The van der Waals surface area contributed by atoms with Crippen molar-refractivity contribution in [2.75, 3.05) is 23.3 Å². The summed E-state index contributed by atoms with van der Waals surface area (Å²) in [6.07, 6.45) is -2.84. The summed E-state index contributed by atoms with van der Waals surface area (Å²) >= 11 is 6.02. The normalized spacial score (nSPS) is 23.2. The van der Waals surface area contributed by atoms with E-state index in [1.165, 1.54) is 16.6 Å². The van der Waals surface area contributed by atoms with Gasteiger partial charge in [0.25, 0.3) is 0 Å². The lowest BCUT2D eigenvalue weighted by Gasteiger charge is -2.39. The molecule has 194 valence electrons. The van der Waals surface area contributed by atoms with Gasteiger partial charge in [0, 0.05) is 36.8 Å². The number of hydrogen-bond acceptors (Lipinski definition) is 8. The second kappa shape index (κ2) is 8.91. The molecule has 5 rings (SSSR count). The topological polar surface area (TPSA) is 101 Å². The second-order valence-electron chi connectivity index (χ2n) is 10.0. The molecule has 0 aromatic carbocycles. The Morgan fingerprint density at radius 3 is 2.50 bits per heavy atom. The number of fused-ring (bicyclic) bond motifs is 3. The molecule has 13 heteroatoms. The summed E-state index contributed by atoms with van der Waals surface area (Å²) in [6.45, 7) is 5.67. The van der Waals surface area contributed by atoms with Gasteiger partial charge >= 0.3 is 6.18 Å². The van der Waals surface area contributed by atoms with Crippen LogP contribution in [0.2, 0.25) is 5.15 Å². The summed E-state index contributed by atoms with van der Waals surface area (Å²) in [5.74, 6) is 0.775. The van der Waals surface area contributed by atoms with Crippen LogP contribution in [0.3, 0.4) is 0 Å². The minimum atomic E-state index is -4.54. The summed E-state index contributed by atoms with van der Waals surface area (Å²) in [5.41, 5.74) is 0.296. The van der Waals surface area contributed by atoms with E-state index in [9.17, 15) is 18.3 Å². The monoisotopic (exact) mass is 525 g/mol. The number of alkyl halides is 3. The first-order chi connectivity index (χ1) is 16.9. The highest BCUT2D eigenvalue weighted by atomic mass is 35.5. The summed E-state index contributed by atoms with van der Waals surface area (Å²) in [7, 11) is 0. The van der Waals surface area contributed by atoms with Gasteiger partial charge in [-0.15, -0.1) is 10.2 Å². The predicted octanol–water partition coefficient (Wildman–Crippen LogP) is 4.06. The third-order valence-electron chi connectivity index (χ3n) is 6.97. The minimum Gasteiger partial charge on any atom is -0.465 e. The second-order valence-corrected chi connectivity index (χ2v) is 10.4. The molecule has 4 atom stereocenters. The molecule has 2 fully saturated rings. The van der Waals surface area contributed by atoms with Crippen LogP contribution in [0.4, 0.5) is 24.8 Å². The molecule has 2 aliphatic rings. The van der Waals surface area contributed by atoms with E-state index in [4.69, 9.17) is 16.3 Å². The Kier molecular flexibility index (Phi) is 6.14. The van der Waals surface area contributed by atoms with Crippen molar-refractivity contribution >= 4 is 28.9 Å². The number of aliphatic hydroxyl groups is 1. The van der Waals surface area contributed by atoms with Gasteiger partial charge in [-0.2, -0.15) is 27.8 Å². The number of halogens is 4. The van der Waals surface area contributed by atoms with Crippen LogP contribution in [0.25, 0.3) is 5.65 Å². The number of nitrogens with zero attached hydrogens (tertiary/aromatic N) is 6. The predicted molar refractivity (Wildman–Crippen MR) is 127 cm³/mol. The Bertz CT molecular complexity index is 1250. The van der Waals surface area contributed by atoms with Crippen molar-refractivity contribution in [3.8, 4) is 5.88 Å². The lowest BCUT2D eigenvalue weighted by molar-refractivity contribution is -0.190. The Labute approximate surface area is 210 Å². The van der Waals surface area contributed by atoms with E-state index in [1.54, 1.807) is 26.1 Å². The fourth-order valence-corrected chi connectivity index (χ4v) is 5.29. The first kappa shape index (κ1) is 24.8. The van der Waals surface area contributed by atoms with Gasteiger partial charge in [-0.3, -0.25) is 0 Å². The highest BCUT2D eigenvalue weighted by molar-refractivity contribution is 6.29. The highest BCUT2D eigenvalue weighted by Crippen LogP contribution is 2.40. The Morgan fingerprint density at radius 1 is 1.19 bits per heavy atom. The van der Waals surface area contributed by atoms with Crippen molar-refractivity contribution in [3.05, 3.63) is 35.1 Å². The third kappa shape index (κ3) is 4.75. The van der Waals surface area contributed by atoms with Gasteiger partial charge in [0.15, 0.2) is 16.9 Å². The fraction of sp³-hybridized carbons (Fsp3) is 0.565. The van der Waals surface area contributed by atoms with Crippen LogP contribution in [0, 0.1) is 11.8 Å². The Morgan fingerprint density at radius 2 is 1.89 bits per heavy atom. The van der Waals surface area contributed by atoms with Gasteiger partial charge < -0.3 is 20.1 Å². The molecule has 1 aliphatic carbocycles. The molecule has 3 aromatic heterocycles. The number of rotatable bonds is 6. The van der Waals surface area contributed by atoms with Crippen LogP contribution in [0.5, 0.6) is 5.88 Å². The maximum atomic E-state index is 13.1. The summed E-state index contributed by atoms with van der Waals surface area (Å²) in [4.78, 5) is 6.80. The quantitative estimate of drug-likeness (QED) is 0.497. The SMILES string of the molecule is C[C@H](Oc1ccc(C(C)(C)O)c2nc(NC3C4CC[C@@H]3CN(c3cnnc(Cl)c3)C4)nn12)C(F)(F)F. The molecule has 0 amide bonds. The molecule has 4 heterocycles. The Balaban J connectivity index is 1.42. The standard InChI is InChI=1S/C23H27ClF3N7O2/c1-12(23(25,26)27)36-18-7-6-16(22(2,3)35)20-30-21(32-34(18)20)29-19-13-4-5-14(19)11-33(10-13)15-8-17(24)31-28-9-15/h6-9,12-14,19,35H,4-5,10-11H2,1-3H3,(H,29,32)/t12-,13+,14?,19?/m0/s1. The van der Waals surface area contributed by atoms with E-state index < -0.39 is 17.9 Å². The van der Waals surface area contributed by atoms with Gasteiger partial charge in [-0.05, 0) is 51.5 Å². The molecule has 3 aromatic rings. The van der Waals surface area contributed by atoms with Crippen LogP contribution in [0.1, 0.15) is 39.2 Å². The molecule has 9 nitrogen and oxygen atoms in total. The first-order valence-electron chi connectivity index (χ1n) is 11.8. The zero-order chi connectivity index (χ0) is 25.8. The lowest BCUT2D eigenvalue weighted by Crippen LogP contribution is -2.48. The maximum absolute atomic E-state index is 13.1. The Hall–Kier alpha value is -2.86. The number of nitrogens with one attached hydrogen (secondary N) is 1. The largest absolute Gasteiger partial charge is 0.465 e. The van der Waals surface area contributed by atoms with Gasteiger partial charge in [0.2, 0.25) is 11.8 Å². The van der Waals surface area contributed by atoms with E-state index in [-0.39, 0.29) is 23.5 Å². The average molecular weight is 526 g/mol. The number of anilines is 2. The molecule has 2 bridgehead atoms. The van der Waals surface area contributed by atoms with Gasteiger partial charge in [0.05, 0.1) is 17.5 Å². The summed E-state index contributed by atoms with van der Waals surface area (Å²) in [6, 6.07) is 4.78. The first-order valence-corrected chi connectivity index (χ1v) is 12.1. The number of pyridine rings is 1.